The van der Waals surface area contributed by atoms with Crippen molar-refractivity contribution in [3.8, 4) is 11.6 Å². The highest BCUT2D eigenvalue weighted by Crippen LogP contribution is 2.27. The van der Waals surface area contributed by atoms with Crippen molar-refractivity contribution in [2.75, 3.05) is 13.1 Å². The molecule has 2 aromatic heterocycles. The Kier molecular flexibility index (Phi) is 6.72. The maximum absolute atomic E-state index is 12.4. The lowest BCUT2D eigenvalue weighted by Gasteiger charge is -2.33. The van der Waals surface area contributed by atoms with Gasteiger partial charge < -0.3 is 14.4 Å². The fraction of sp³-hybridized carbons (Fsp3) is 0.500. The maximum Gasteiger partial charge on any atom is 0.410 e. The fourth-order valence-electron chi connectivity index (χ4n) is 3.80. The number of sulfone groups is 1. The van der Waals surface area contributed by atoms with E-state index in [-0.39, 0.29) is 17.1 Å². The zero-order chi connectivity index (χ0) is 25.4. The number of carbonyl (C=O) groups is 1. The first-order valence-electron chi connectivity index (χ1n) is 11.6. The number of benzene rings is 1. The molecule has 0 bridgehead atoms. The van der Waals surface area contributed by atoms with Crippen LogP contribution in [0, 0.1) is 0 Å². The molecular weight excluding hydrogens is 470 g/mol. The summed E-state index contributed by atoms with van der Waals surface area (Å²) in [5, 5.41) is 4.59. The molecule has 0 unspecified atom stereocenters. The number of aromatic nitrogens is 4. The van der Waals surface area contributed by atoms with E-state index in [2.05, 4.69) is 15.1 Å². The molecule has 0 saturated carbocycles. The minimum absolute atomic E-state index is 0.101. The number of likely N-dealkylation sites (tertiary alicyclic amines) is 1. The van der Waals surface area contributed by atoms with Crippen LogP contribution in [0.1, 0.15) is 47.5 Å². The standard InChI is InChI=1S/C24H31N5O5S/c1-16(2)35(31,32)19-8-6-17(7-9-19)29-21-20(14-27-29)22(26-15-25-21)33-18-10-12-28(13-11-18)23(30)34-24(3,4)5/h6-9,14-16,18H,10-13H2,1-5H3. The maximum atomic E-state index is 12.4. The van der Waals surface area contributed by atoms with Crippen LogP contribution in [0.4, 0.5) is 4.79 Å². The molecule has 0 atom stereocenters. The van der Waals surface area contributed by atoms with E-state index in [0.29, 0.717) is 48.5 Å². The molecule has 188 valence electrons. The van der Waals surface area contributed by atoms with E-state index in [1.165, 1.54) is 6.33 Å². The summed E-state index contributed by atoms with van der Waals surface area (Å²) >= 11 is 0. The van der Waals surface area contributed by atoms with Crippen LogP contribution in [0.2, 0.25) is 0 Å². The quantitative estimate of drug-likeness (QED) is 0.519. The summed E-state index contributed by atoms with van der Waals surface area (Å²) in [5.74, 6) is 0.427. The van der Waals surface area contributed by atoms with Crippen LogP contribution in [0.3, 0.4) is 0 Å². The highest BCUT2D eigenvalue weighted by atomic mass is 32.2. The Morgan fingerprint density at radius 2 is 1.74 bits per heavy atom. The lowest BCUT2D eigenvalue weighted by atomic mass is 10.1. The molecule has 1 aliphatic heterocycles. The zero-order valence-corrected chi connectivity index (χ0v) is 21.4. The summed E-state index contributed by atoms with van der Waals surface area (Å²) < 4.78 is 38.1. The molecular formula is C24H31N5O5S. The number of fused-ring (bicyclic) bond motifs is 1. The summed E-state index contributed by atoms with van der Waals surface area (Å²) in [6.45, 7) is 9.95. The Bertz CT molecular complexity index is 1300. The normalized spacial score (nSPS) is 15.5. The summed E-state index contributed by atoms with van der Waals surface area (Å²) in [6, 6.07) is 6.57. The molecule has 10 nitrogen and oxygen atoms in total. The molecule has 1 amide bonds. The third kappa shape index (κ3) is 5.39. The largest absolute Gasteiger partial charge is 0.474 e. The van der Waals surface area contributed by atoms with Gasteiger partial charge in [-0.25, -0.2) is 27.9 Å². The second-order valence-electron chi connectivity index (χ2n) is 9.84. The van der Waals surface area contributed by atoms with Crippen LogP contribution in [0.15, 0.2) is 41.7 Å². The monoisotopic (exact) mass is 501 g/mol. The fourth-order valence-corrected chi connectivity index (χ4v) is 4.86. The van der Waals surface area contributed by atoms with E-state index >= 15 is 0 Å². The highest BCUT2D eigenvalue weighted by molar-refractivity contribution is 7.92. The van der Waals surface area contributed by atoms with Crippen molar-refractivity contribution in [2.45, 2.75) is 69.3 Å². The van der Waals surface area contributed by atoms with Crippen LogP contribution in [0.25, 0.3) is 16.7 Å². The van der Waals surface area contributed by atoms with Crippen molar-refractivity contribution in [2.24, 2.45) is 0 Å². The molecule has 1 aromatic carbocycles. The molecule has 3 heterocycles. The number of carbonyl (C=O) groups excluding carboxylic acids is 1. The van der Waals surface area contributed by atoms with Crippen molar-refractivity contribution in [3.63, 3.8) is 0 Å². The van der Waals surface area contributed by atoms with E-state index < -0.39 is 20.7 Å². The number of hydrogen-bond donors (Lipinski definition) is 0. The average Bonchev–Trinajstić information content (AvgIpc) is 3.23. The third-order valence-electron chi connectivity index (χ3n) is 5.73. The van der Waals surface area contributed by atoms with Crippen LogP contribution < -0.4 is 4.74 Å². The van der Waals surface area contributed by atoms with Gasteiger partial charge in [0.2, 0.25) is 5.88 Å². The minimum atomic E-state index is -3.35. The predicted octanol–water partition coefficient (Wildman–Crippen LogP) is 3.78. The van der Waals surface area contributed by atoms with E-state index in [4.69, 9.17) is 9.47 Å². The molecule has 1 aliphatic rings. The first kappa shape index (κ1) is 24.9. The van der Waals surface area contributed by atoms with Gasteiger partial charge in [-0.2, -0.15) is 5.10 Å². The first-order chi connectivity index (χ1) is 16.5. The smallest absolute Gasteiger partial charge is 0.410 e. The number of piperidine rings is 1. The summed E-state index contributed by atoms with van der Waals surface area (Å²) in [6.07, 6.45) is 3.96. The topological polar surface area (TPSA) is 117 Å². The summed E-state index contributed by atoms with van der Waals surface area (Å²) in [4.78, 5) is 22.9. The van der Waals surface area contributed by atoms with Crippen LogP contribution >= 0.6 is 0 Å². The third-order valence-corrected chi connectivity index (χ3v) is 7.90. The molecule has 1 fully saturated rings. The van der Waals surface area contributed by atoms with E-state index in [9.17, 15) is 13.2 Å². The molecule has 1 saturated heterocycles. The number of ether oxygens (including phenoxy) is 2. The summed E-state index contributed by atoms with van der Waals surface area (Å²) in [7, 11) is -3.35. The number of nitrogens with zero attached hydrogens (tertiary/aromatic N) is 5. The molecule has 3 aromatic rings. The lowest BCUT2D eigenvalue weighted by molar-refractivity contribution is 0.0124. The SMILES string of the molecule is CC(C)S(=O)(=O)c1ccc(-n2ncc3c(OC4CCN(C(=O)OC(C)(C)C)CC4)ncnc32)cc1. The minimum Gasteiger partial charge on any atom is -0.474 e. The Morgan fingerprint density at radius 3 is 2.34 bits per heavy atom. The lowest BCUT2D eigenvalue weighted by Crippen LogP contribution is -2.44. The van der Waals surface area contributed by atoms with Crippen LogP contribution in [0.5, 0.6) is 5.88 Å². The molecule has 11 heteroatoms. The van der Waals surface area contributed by atoms with Gasteiger partial charge in [-0.05, 0) is 58.9 Å². The number of amides is 1. The van der Waals surface area contributed by atoms with Gasteiger partial charge in [0, 0.05) is 25.9 Å². The van der Waals surface area contributed by atoms with Gasteiger partial charge in [0.1, 0.15) is 23.4 Å². The van der Waals surface area contributed by atoms with E-state index in [0.717, 1.165) is 0 Å². The van der Waals surface area contributed by atoms with Gasteiger partial charge in [-0.3, -0.25) is 0 Å². The number of hydrogen-bond acceptors (Lipinski definition) is 8. The zero-order valence-electron chi connectivity index (χ0n) is 20.6. The Labute approximate surface area is 205 Å². The molecule has 0 aliphatic carbocycles. The van der Waals surface area contributed by atoms with E-state index in [1.807, 2.05) is 20.8 Å². The number of rotatable bonds is 5. The van der Waals surface area contributed by atoms with Crippen molar-refractivity contribution < 1.29 is 22.7 Å². The van der Waals surface area contributed by atoms with Crippen LogP contribution in [-0.2, 0) is 14.6 Å². The Morgan fingerprint density at radius 1 is 1.09 bits per heavy atom. The van der Waals surface area contributed by atoms with Gasteiger partial charge in [-0.15, -0.1) is 0 Å². The second kappa shape index (κ2) is 9.44. The van der Waals surface area contributed by atoms with Crippen molar-refractivity contribution in [1.29, 1.82) is 0 Å². The van der Waals surface area contributed by atoms with Gasteiger partial charge in [0.15, 0.2) is 15.5 Å². The van der Waals surface area contributed by atoms with Crippen molar-refractivity contribution in [3.05, 3.63) is 36.8 Å². The Hall–Kier alpha value is -3.21. The van der Waals surface area contributed by atoms with E-state index in [1.54, 1.807) is 53.9 Å². The van der Waals surface area contributed by atoms with Crippen molar-refractivity contribution >= 4 is 27.0 Å². The summed E-state index contributed by atoms with van der Waals surface area (Å²) in [5.41, 5.74) is 0.707. The van der Waals surface area contributed by atoms with Gasteiger partial charge in [-0.1, -0.05) is 0 Å². The first-order valence-corrected chi connectivity index (χ1v) is 13.2. The van der Waals surface area contributed by atoms with Crippen molar-refractivity contribution in [1.82, 2.24) is 24.6 Å². The van der Waals surface area contributed by atoms with Gasteiger partial charge >= 0.3 is 6.09 Å². The highest BCUT2D eigenvalue weighted by Gasteiger charge is 2.28. The molecule has 0 radical (unpaired) electrons. The predicted molar refractivity (Wildman–Crippen MR) is 130 cm³/mol. The second-order valence-corrected chi connectivity index (χ2v) is 12.3. The average molecular weight is 502 g/mol. The molecule has 0 spiro atoms. The van der Waals surface area contributed by atoms with Crippen LogP contribution in [-0.4, -0.2) is 69.2 Å². The van der Waals surface area contributed by atoms with Gasteiger partial charge in [0.05, 0.1) is 22.0 Å². The molecule has 35 heavy (non-hydrogen) atoms. The molecule has 4 rings (SSSR count). The Balaban J connectivity index is 1.48. The molecule has 0 N–H and O–H groups in total. The van der Waals surface area contributed by atoms with Gasteiger partial charge in [0.25, 0.3) is 0 Å².